The molecule has 1 spiro atoms. The third kappa shape index (κ3) is 3.40. The molecular weight excluding hydrogens is 349 g/mol. The fourth-order valence-electron chi connectivity index (χ4n) is 5.02. The minimum Gasteiger partial charge on any atom is -0.360 e. The molecule has 7 heteroatoms. The highest BCUT2D eigenvalue weighted by atomic mass is 19.1. The second kappa shape index (κ2) is 6.78. The van der Waals surface area contributed by atoms with Crippen molar-refractivity contribution in [1.82, 2.24) is 15.1 Å². The molecule has 3 saturated heterocycles. The maximum atomic E-state index is 13.0. The van der Waals surface area contributed by atoms with Crippen LogP contribution in [0.1, 0.15) is 38.2 Å². The number of hydrogen-bond acceptors (Lipinski definition) is 3. The van der Waals surface area contributed by atoms with Gasteiger partial charge in [-0.25, -0.2) is 9.18 Å². The van der Waals surface area contributed by atoms with Crippen LogP contribution in [0, 0.1) is 5.82 Å². The van der Waals surface area contributed by atoms with Crippen LogP contribution in [0.2, 0.25) is 0 Å². The van der Waals surface area contributed by atoms with Gasteiger partial charge in [0.25, 0.3) is 5.91 Å². The number of ether oxygens (including phenoxy) is 1. The number of benzene rings is 1. The number of urea groups is 1. The first-order chi connectivity index (χ1) is 12.9. The number of amides is 3. The first-order valence-corrected chi connectivity index (χ1v) is 9.60. The lowest BCUT2D eigenvalue weighted by molar-refractivity contribution is -0.190. The number of carbonyl (C=O) groups is 2. The van der Waals surface area contributed by atoms with Crippen molar-refractivity contribution < 1.29 is 18.7 Å². The minimum absolute atomic E-state index is 0.0208. The van der Waals surface area contributed by atoms with E-state index in [1.54, 1.807) is 17.0 Å². The second-order valence-corrected chi connectivity index (χ2v) is 8.12. The normalized spacial score (nSPS) is 32.9. The van der Waals surface area contributed by atoms with Crippen LogP contribution in [0.25, 0.3) is 0 Å². The summed E-state index contributed by atoms with van der Waals surface area (Å²) in [6.07, 6.45) is 3.02. The lowest BCUT2D eigenvalue weighted by Gasteiger charge is -2.51. The fraction of sp³-hybridized carbons (Fsp3) is 0.600. The second-order valence-electron chi connectivity index (χ2n) is 8.12. The van der Waals surface area contributed by atoms with Crippen LogP contribution in [0.3, 0.4) is 0 Å². The van der Waals surface area contributed by atoms with E-state index in [4.69, 9.17) is 4.74 Å². The Labute approximate surface area is 158 Å². The van der Waals surface area contributed by atoms with Crippen molar-refractivity contribution >= 4 is 11.9 Å². The molecule has 27 heavy (non-hydrogen) atoms. The quantitative estimate of drug-likeness (QED) is 0.863. The molecule has 1 aromatic carbocycles. The largest absolute Gasteiger partial charge is 0.360 e. The van der Waals surface area contributed by atoms with Crippen molar-refractivity contribution in [2.75, 3.05) is 13.6 Å². The van der Waals surface area contributed by atoms with E-state index in [0.29, 0.717) is 13.1 Å². The smallest absolute Gasteiger partial charge is 0.318 e. The minimum atomic E-state index is -0.429. The lowest BCUT2D eigenvalue weighted by atomic mass is 9.84. The molecule has 3 aliphatic heterocycles. The van der Waals surface area contributed by atoms with Crippen LogP contribution >= 0.6 is 0 Å². The molecule has 0 saturated carbocycles. The Morgan fingerprint density at radius 1 is 1.26 bits per heavy atom. The topological polar surface area (TPSA) is 61.9 Å². The summed E-state index contributed by atoms with van der Waals surface area (Å²) in [5.74, 6) is -0.262. The van der Waals surface area contributed by atoms with Gasteiger partial charge in [0, 0.05) is 32.2 Å². The molecule has 1 aromatic rings. The zero-order chi connectivity index (χ0) is 19.2. The van der Waals surface area contributed by atoms with Crippen LogP contribution < -0.4 is 5.32 Å². The van der Waals surface area contributed by atoms with Gasteiger partial charge in [-0.2, -0.15) is 0 Å². The lowest BCUT2D eigenvalue weighted by Crippen LogP contribution is -2.64. The van der Waals surface area contributed by atoms with Gasteiger partial charge in [0.05, 0.1) is 5.60 Å². The van der Waals surface area contributed by atoms with E-state index in [-0.39, 0.29) is 35.4 Å². The zero-order valence-electron chi connectivity index (χ0n) is 15.8. The van der Waals surface area contributed by atoms with Crippen LogP contribution in [0.4, 0.5) is 9.18 Å². The number of likely N-dealkylation sites (N-methyl/N-ethyl adjacent to an activating group) is 1. The molecule has 3 amide bonds. The van der Waals surface area contributed by atoms with E-state index in [2.05, 4.69) is 5.32 Å². The number of fused-ring (bicyclic) bond motifs is 2. The maximum Gasteiger partial charge on any atom is 0.318 e. The van der Waals surface area contributed by atoms with Crippen LogP contribution in [0.15, 0.2) is 24.3 Å². The first kappa shape index (κ1) is 18.2. The third-order valence-corrected chi connectivity index (χ3v) is 6.10. The average molecular weight is 375 g/mol. The Hall–Kier alpha value is -2.15. The Bertz CT molecular complexity index is 708. The standard InChI is InChI=1S/C20H26FN3O3/c1-13-18(25)23(2)12-20(27-13)9-16-7-8-17(10-20)24(16)19(26)22-11-14-3-5-15(21)6-4-14/h3-6,13,16-17H,7-12H2,1-2H3,(H,22,26). The zero-order valence-corrected chi connectivity index (χ0v) is 15.8. The molecule has 0 aliphatic carbocycles. The highest BCUT2D eigenvalue weighted by Crippen LogP contribution is 2.44. The van der Waals surface area contributed by atoms with Gasteiger partial charge in [0.15, 0.2) is 0 Å². The van der Waals surface area contributed by atoms with E-state index in [1.165, 1.54) is 12.1 Å². The van der Waals surface area contributed by atoms with Crippen molar-refractivity contribution in [2.45, 2.75) is 62.9 Å². The molecule has 146 valence electrons. The van der Waals surface area contributed by atoms with Crippen molar-refractivity contribution in [2.24, 2.45) is 0 Å². The van der Waals surface area contributed by atoms with Gasteiger partial charge in [0.2, 0.25) is 0 Å². The number of morpholine rings is 1. The van der Waals surface area contributed by atoms with Gasteiger partial charge in [-0.3, -0.25) is 4.79 Å². The number of nitrogens with one attached hydrogen (secondary N) is 1. The van der Waals surface area contributed by atoms with Gasteiger partial charge >= 0.3 is 6.03 Å². The number of hydrogen-bond donors (Lipinski definition) is 1. The van der Waals surface area contributed by atoms with E-state index < -0.39 is 6.10 Å². The molecule has 4 rings (SSSR count). The average Bonchev–Trinajstić information content (AvgIpc) is 2.91. The summed E-state index contributed by atoms with van der Waals surface area (Å²) in [4.78, 5) is 28.6. The van der Waals surface area contributed by atoms with Crippen LogP contribution in [-0.2, 0) is 16.1 Å². The van der Waals surface area contributed by atoms with E-state index >= 15 is 0 Å². The molecule has 3 aliphatic rings. The van der Waals surface area contributed by atoms with Crippen molar-refractivity contribution in [3.05, 3.63) is 35.6 Å². The molecule has 0 aromatic heterocycles. The van der Waals surface area contributed by atoms with Gasteiger partial charge < -0.3 is 19.9 Å². The van der Waals surface area contributed by atoms with Crippen molar-refractivity contribution in [3.8, 4) is 0 Å². The predicted molar refractivity (Wildman–Crippen MR) is 97.4 cm³/mol. The molecular formula is C20H26FN3O3. The van der Waals surface area contributed by atoms with E-state index in [1.807, 2.05) is 18.9 Å². The maximum absolute atomic E-state index is 13.0. The SMILES string of the molecule is CC1OC2(CC3CCC(C2)N3C(=O)NCc2ccc(F)cc2)CN(C)C1=O. The van der Waals surface area contributed by atoms with Crippen molar-refractivity contribution in [1.29, 1.82) is 0 Å². The number of carbonyl (C=O) groups excluding carboxylic acids is 2. The Morgan fingerprint density at radius 2 is 1.89 bits per heavy atom. The summed E-state index contributed by atoms with van der Waals surface area (Å²) in [7, 11) is 1.83. The first-order valence-electron chi connectivity index (χ1n) is 9.60. The number of piperidine rings is 1. The molecule has 3 fully saturated rings. The van der Waals surface area contributed by atoms with Gasteiger partial charge in [-0.1, -0.05) is 12.1 Å². The highest BCUT2D eigenvalue weighted by Gasteiger charge is 2.54. The monoisotopic (exact) mass is 375 g/mol. The predicted octanol–water partition coefficient (Wildman–Crippen LogP) is 2.28. The molecule has 3 unspecified atom stereocenters. The molecule has 2 bridgehead atoms. The summed E-state index contributed by atoms with van der Waals surface area (Å²) >= 11 is 0. The molecule has 3 atom stereocenters. The van der Waals surface area contributed by atoms with Gasteiger partial charge in [-0.15, -0.1) is 0 Å². The Balaban J connectivity index is 1.41. The summed E-state index contributed by atoms with van der Waals surface area (Å²) < 4.78 is 19.2. The van der Waals surface area contributed by atoms with Gasteiger partial charge in [-0.05, 0) is 50.3 Å². The fourth-order valence-corrected chi connectivity index (χ4v) is 5.02. The molecule has 6 nitrogen and oxygen atoms in total. The van der Waals surface area contributed by atoms with Crippen molar-refractivity contribution in [3.63, 3.8) is 0 Å². The molecule has 1 N–H and O–H groups in total. The van der Waals surface area contributed by atoms with Crippen LogP contribution in [-0.4, -0.2) is 59.1 Å². The Kier molecular flexibility index (Phi) is 4.58. The van der Waals surface area contributed by atoms with E-state index in [0.717, 1.165) is 31.2 Å². The number of rotatable bonds is 2. The van der Waals surface area contributed by atoms with Gasteiger partial charge in [0.1, 0.15) is 11.9 Å². The molecule has 0 radical (unpaired) electrons. The summed E-state index contributed by atoms with van der Waals surface area (Å²) in [6.45, 7) is 2.78. The van der Waals surface area contributed by atoms with E-state index in [9.17, 15) is 14.0 Å². The molecule has 3 heterocycles. The summed E-state index contributed by atoms with van der Waals surface area (Å²) in [5.41, 5.74) is 0.525. The Morgan fingerprint density at radius 3 is 2.48 bits per heavy atom. The number of halogens is 1. The summed E-state index contributed by atoms with van der Waals surface area (Å²) in [5, 5.41) is 2.96. The van der Waals surface area contributed by atoms with Crippen LogP contribution in [0.5, 0.6) is 0 Å². The third-order valence-electron chi connectivity index (χ3n) is 6.10. The number of nitrogens with zero attached hydrogens (tertiary/aromatic N) is 2. The summed E-state index contributed by atoms with van der Waals surface area (Å²) in [6, 6.07) is 6.34. The highest BCUT2D eigenvalue weighted by molar-refractivity contribution is 5.81.